The van der Waals surface area contributed by atoms with E-state index in [1.54, 1.807) is 12.1 Å². The number of hydrogen-bond donors (Lipinski definition) is 2. The molecule has 0 aliphatic rings. The minimum atomic E-state index is -2.24. The van der Waals surface area contributed by atoms with Gasteiger partial charge in [0.15, 0.2) is 16.8 Å². The van der Waals surface area contributed by atoms with E-state index in [1.807, 2.05) is 20.8 Å². The van der Waals surface area contributed by atoms with Crippen LogP contribution in [0, 0.1) is 17.5 Å². The molecular weight excluding hydrogens is 483 g/mol. The summed E-state index contributed by atoms with van der Waals surface area (Å²) in [6.07, 6.45) is 1.50. The van der Waals surface area contributed by atoms with Gasteiger partial charge in [0.1, 0.15) is 11.6 Å². The predicted octanol–water partition coefficient (Wildman–Crippen LogP) is 5.70. The van der Waals surface area contributed by atoms with Crippen LogP contribution in [0.3, 0.4) is 0 Å². The van der Waals surface area contributed by atoms with Gasteiger partial charge in [0.05, 0.1) is 31.9 Å². The maximum absolute atomic E-state index is 15.6. The minimum absolute atomic E-state index is 0.0672. The number of hydrogen-bond acceptors (Lipinski definition) is 6. The molecule has 3 N–H and O–H groups in total. The first-order valence-corrected chi connectivity index (χ1v) is 12.0. The zero-order valence-electron chi connectivity index (χ0n) is 18.4. The Kier molecular flexibility index (Phi) is 6.41. The number of nitrogens with zero attached hydrogens (tertiary/aromatic N) is 3. The molecule has 4 aromatic rings. The Hall–Kier alpha value is -3.31. The van der Waals surface area contributed by atoms with E-state index in [2.05, 4.69) is 19.7 Å². The molecule has 34 heavy (non-hydrogen) atoms. The molecule has 0 aliphatic carbocycles. The van der Waals surface area contributed by atoms with Crippen molar-refractivity contribution < 1.29 is 17.4 Å². The summed E-state index contributed by atoms with van der Waals surface area (Å²) in [4.78, 5) is 13.0. The van der Waals surface area contributed by atoms with Crippen LogP contribution in [0.4, 0.5) is 24.8 Å². The van der Waals surface area contributed by atoms with Crippen LogP contribution < -0.4 is 10.5 Å². The molecule has 0 bridgehead atoms. The standard InChI is InChI=1S/C23H20F3N5OS2/c1-23(2,3)21-30-19(20(33-21)16-9-10-28-22(27)29-16)13-5-4-6-15(18(13)26)31-34(32)17-11-12(24)7-8-14(17)25/h4-11,31H,1-3H3,(H2,27,28,29). The molecule has 176 valence electrons. The van der Waals surface area contributed by atoms with Crippen molar-refractivity contribution in [3.8, 4) is 21.8 Å². The Labute approximate surface area is 200 Å². The van der Waals surface area contributed by atoms with Crippen molar-refractivity contribution in [3.05, 3.63) is 71.1 Å². The topological polar surface area (TPSA) is 93.8 Å². The Morgan fingerprint density at radius 1 is 1.06 bits per heavy atom. The first kappa shape index (κ1) is 23.8. The molecule has 0 amide bonds. The van der Waals surface area contributed by atoms with Crippen molar-refractivity contribution in [1.29, 1.82) is 0 Å². The van der Waals surface area contributed by atoms with Crippen LogP contribution in [-0.2, 0) is 16.4 Å². The lowest BCUT2D eigenvalue weighted by Crippen LogP contribution is -2.10. The molecule has 0 spiro atoms. The van der Waals surface area contributed by atoms with Crippen molar-refractivity contribution >= 4 is 34.0 Å². The zero-order valence-corrected chi connectivity index (χ0v) is 20.0. The van der Waals surface area contributed by atoms with E-state index >= 15 is 4.39 Å². The number of thiazole rings is 1. The quantitative estimate of drug-likeness (QED) is 0.364. The van der Waals surface area contributed by atoms with Gasteiger partial charge in [0.2, 0.25) is 5.95 Å². The van der Waals surface area contributed by atoms with Gasteiger partial charge in [0.25, 0.3) is 0 Å². The van der Waals surface area contributed by atoms with Crippen LogP contribution in [0.5, 0.6) is 0 Å². The van der Waals surface area contributed by atoms with Gasteiger partial charge in [-0.05, 0) is 36.4 Å². The highest BCUT2D eigenvalue weighted by Gasteiger charge is 2.26. The van der Waals surface area contributed by atoms with Crippen LogP contribution >= 0.6 is 11.3 Å². The van der Waals surface area contributed by atoms with Gasteiger partial charge in [-0.2, -0.15) is 0 Å². The monoisotopic (exact) mass is 503 g/mol. The maximum Gasteiger partial charge on any atom is 0.220 e. The first-order chi connectivity index (χ1) is 16.0. The van der Waals surface area contributed by atoms with Gasteiger partial charge >= 0.3 is 0 Å². The summed E-state index contributed by atoms with van der Waals surface area (Å²) in [6, 6.07) is 8.66. The summed E-state index contributed by atoms with van der Waals surface area (Å²) in [5.41, 5.74) is 6.22. The summed E-state index contributed by atoms with van der Waals surface area (Å²) in [7, 11) is -2.24. The highest BCUT2D eigenvalue weighted by molar-refractivity contribution is 7.86. The van der Waals surface area contributed by atoms with Gasteiger partial charge in [-0.15, -0.1) is 11.3 Å². The van der Waals surface area contributed by atoms with E-state index in [4.69, 9.17) is 5.73 Å². The minimum Gasteiger partial charge on any atom is -0.368 e. The third kappa shape index (κ3) is 4.80. The van der Waals surface area contributed by atoms with Crippen molar-refractivity contribution in [2.75, 3.05) is 10.5 Å². The predicted molar refractivity (Wildman–Crippen MR) is 128 cm³/mol. The molecule has 1 atom stereocenters. The van der Waals surface area contributed by atoms with E-state index in [1.165, 1.54) is 29.7 Å². The van der Waals surface area contributed by atoms with Gasteiger partial charge in [-0.3, -0.25) is 4.72 Å². The highest BCUT2D eigenvalue weighted by atomic mass is 32.2. The molecule has 0 fully saturated rings. The molecule has 11 heteroatoms. The van der Waals surface area contributed by atoms with Gasteiger partial charge < -0.3 is 5.73 Å². The summed E-state index contributed by atoms with van der Waals surface area (Å²) in [6.45, 7) is 5.95. The highest BCUT2D eigenvalue weighted by Crippen LogP contribution is 2.41. The van der Waals surface area contributed by atoms with Crippen LogP contribution in [0.25, 0.3) is 21.8 Å². The van der Waals surface area contributed by atoms with Gasteiger partial charge in [-0.25, -0.2) is 32.3 Å². The molecule has 4 rings (SSSR count). The molecule has 1 unspecified atom stereocenters. The van der Waals surface area contributed by atoms with Crippen molar-refractivity contribution in [1.82, 2.24) is 15.0 Å². The van der Waals surface area contributed by atoms with Crippen LogP contribution in [-0.4, -0.2) is 19.2 Å². The lowest BCUT2D eigenvalue weighted by molar-refractivity contribution is 0.572. The maximum atomic E-state index is 15.6. The van der Waals surface area contributed by atoms with Crippen molar-refractivity contribution in [2.45, 2.75) is 31.1 Å². The van der Waals surface area contributed by atoms with Crippen LogP contribution in [0.2, 0.25) is 0 Å². The number of nitrogens with one attached hydrogen (secondary N) is 1. The number of aromatic nitrogens is 3. The number of benzene rings is 2. The van der Waals surface area contributed by atoms with Crippen LogP contribution in [0.1, 0.15) is 25.8 Å². The number of rotatable bonds is 5. The van der Waals surface area contributed by atoms with Gasteiger partial charge in [0, 0.05) is 17.2 Å². The molecule has 2 aromatic carbocycles. The van der Waals surface area contributed by atoms with E-state index in [0.717, 1.165) is 23.2 Å². The summed E-state index contributed by atoms with van der Waals surface area (Å²) in [5.74, 6) is -2.31. The molecule has 2 aromatic heterocycles. The fourth-order valence-electron chi connectivity index (χ4n) is 3.07. The van der Waals surface area contributed by atoms with E-state index in [0.29, 0.717) is 16.3 Å². The summed E-state index contributed by atoms with van der Waals surface area (Å²) >= 11 is 1.36. The van der Waals surface area contributed by atoms with E-state index < -0.39 is 33.3 Å². The van der Waals surface area contributed by atoms with E-state index in [9.17, 15) is 13.0 Å². The summed E-state index contributed by atoms with van der Waals surface area (Å²) in [5, 5.41) is 0.748. The average Bonchev–Trinajstić information content (AvgIpc) is 3.23. The number of halogens is 3. The fraction of sp³-hybridized carbons (Fsp3) is 0.174. The second kappa shape index (κ2) is 9.15. The van der Waals surface area contributed by atoms with Crippen molar-refractivity contribution in [2.24, 2.45) is 0 Å². The summed E-state index contributed by atoms with van der Waals surface area (Å²) < 4.78 is 58.2. The van der Waals surface area contributed by atoms with Crippen molar-refractivity contribution in [3.63, 3.8) is 0 Å². The largest absolute Gasteiger partial charge is 0.368 e. The Balaban J connectivity index is 1.80. The Bertz CT molecular complexity index is 1400. The van der Waals surface area contributed by atoms with Gasteiger partial charge in [-0.1, -0.05) is 26.8 Å². The number of anilines is 2. The number of nitrogen functional groups attached to an aromatic ring is 1. The molecule has 6 nitrogen and oxygen atoms in total. The first-order valence-electron chi connectivity index (χ1n) is 10.1. The van der Waals surface area contributed by atoms with E-state index in [-0.39, 0.29) is 22.6 Å². The lowest BCUT2D eigenvalue weighted by atomic mass is 9.98. The lowest BCUT2D eigenvalue weighted by Gasteiger charge is -2.13. The average molecular weight is 504 g/mol. The Morgan fingerprint density at radius 3 is 2.53 bits per heavy atom. The fourth-order valence-corrected chi connectivity index (χ4v) is 5.10. The SMILES string of the molecule is CC(C)(C)c1nc(-c2cccc(NS(=O)c3cc(F)ccc3F)c2F)c(-c2ccnc(N)n2)s1. The Morgan fingerprint density at radius 2 is 1.82 bits per heavy atom. The zero-order chi connectivity index (χ0) is 24.6. The second-order valence-corrected chi connectivity index (χ2v) is 10.5. The molecular formula is C23H20F3N5OS2. The third-order valence-corrected chi connectivity index (χ3v) is 7.35. The molecule has 0 saturated heterocycles. The molecule has 0 aliphatic heterocycles. The molecule has 0 radical (unpaired) electrons. The number of nitrogens with two attached hydrogens (primary N) is 1. The second-order valence-electron chi connectivity index (χ2n) is 8.36. The van der Waals surface area contributed by atoms with Crippen LogP contribution in [0.15, 0.2) is 53.6 Å². The normalized spacial score (nSPS) is 12.5. The molecule has 2 heterocycles. The smallest absolute Gasteiger partial charge is 0.220 e. The molecule has 0 saturated carbocycles. The third-order valence-electron chi connectivity index (χ3n) is 4.73.